The Hall–Kier alpha value is -3.62. The Labute approximate surface area is 192 Å². The van der Waals surface area contributed by atoms with Crippen molar-refractivity contribution in [3.63, 3.8) is 0 Å². The first-order chi connectivity index (χ1) is 16.0. The molecule has 1 aliphatic heterocycles. The van der Waals surface area contributed by atoms with Gasteiger partial charge in [-0.15, -0.1) is 0 Å². The van der Waals surface area contributed by atoms with Crippen LogP contribution in [-0.4, -0.2) is 62.0 Å². The van der Waals surface area contributed by atoms with Crippen LogP contribution in [0, 0.1) is 5.82 Å². The van der Waals surface area contributed by atoms with Crippen molar-refractivity contribution in [3.05, 3.63) is 71.8 Å². The number of hydrogen-bond acceptors (Lipinski definition) is 7. The minimum atomic E-state index is -0.550. The van der Waals surface area contributed by atoms with Crippen molar-refractivity contribution in [1.29, 1.82) is 0 Å². The van der Waals surface area contributed by atoms with E-state index in [1.165, 1.54) is 0 Å². The molecule has 0 saturated carbocycles. The Morgan fingerprint density at radius 1 is 1.06 bits per heavy atom. The quantitative estimate of drug-likeness (QED) is 0.616. The number of phenolic OH excluding ortho intramolecular Hbond substituents is 1. The van der Waals surface area contributed by atoms with E-state index in [2.05, 4.69) is 19.9 Å². The van der Waals surface area contributed by atoms with Crippen molar-refractivity contribution in [2.24, 2.45) is 0 Å². The van der Waals surface area contributed by atoms with Gasteiger partial charge in [-0.1, -0.05) is 12.1 Å². The highest BCUT2D eigenvalue weighted by atomic mass is 19.1. The third kappa shape index (κ3) is 4.48. The van der Waals surface area contributed by atoms with E-state index in [-0.39, 0.29) is 11.7 Å². The Kier molecular flexibility index (Phi) is 6.48. The first-order valence-corrected chi connectivity index (χ1v) is 11.1. The topological polar surface area (TPSA) is 95.3 Å². The van der Waals surface area contributed by atoms with Gasteiger partial charge in [0.1, 0.15) is 11.6 Å². The molecule has 1 fully saturated rings. The number of carbonyl (C=O) groups is 1. The minimum Gasteiger partial charge on any atom is -0.508 e. The third-order valence-electron chi connectivity index (χ3n) is 6.28. The fourth-order valence-electron chi connectivity index (χ4n) is 4.38. The zero-order chi connectivity index (χ0) is 23.4. The molecule has 0 spiro atoms. The molecule has 1 N–H and O–H groups in total. The van der Waals surface area contributed by atoms with Gasteiger partial charge in [0, 0.05) is 38.6 Å². The van der Waals surface area contributed by atoms with Gasteiger partial charge < -0.3 is 14.9 Å². The van der Waals surface area contributed by atoms with Crippen LogP contribution in [0.3, 0.4) is 0 Å². The van der Waals surface area contributed by atoms with Crippen molar-refractivity contribution < 1.29 is 14.3 Å². The molecule has 1 saturated heterocycles. The highest BCUT2D eigenvalue weighted by Gasteiger charge is 2.41. The summed E-state index contributed by atoms with van der Waals surface area (Å²) in [5, 5.41) is 10.1. The number of hydrogen-bond donors (Lipinski definition) is 1. The van der Waals surface area contributed by atoms with Gasteiger partial charge in [-0.05, 0) is 44.4 Å². The molecule has 4 rings (SSSR count). The summed E-state index contributed by atoms with van der Waals surface area (Å²) in [6.07, 6.45) is 6.77. The molecule has 3 aromatic rings. The normalized spacial score (nSPS) is 15.3. The number of rotatable bonds is 6. The molecule has 9 heteroatoms. The smallest absolute Gasteiger partial charge is 0.256 e. The van der Waals surface area contributed by atoms with Crippen LogP contribution in [0.4, 0.5) is 10.3 Å². The van der Waals surface area contributed by atoms with Gasteiger partial charge in [-0.2, -0.15) is 0 Å². The summed E-state index contributed by atoms with van der Waals surface area (Å²) in [4.78, 5) is 33.8. The van der Waals surface area contributed by atoms with E-state index in [1.54, 1.807) is 35.5 Å². The molecule has 1 amide bonds. The number of benzene rings is 1. The summed E-state index contributed by atoms with van der Waals surface area (Å²) in [7, 11) is 0. The minimum absolute atomic E-state index is 0.0961. The number of aromatic nitrogens is 4. The van der Waals surface area contributed by atoms with E-state index >= 15 is 0 Å². The zero-order valence-electron chi connectivity index (χ0n) is 18.8. The van der Waals surface area contributed by atoms with Crippen molar-refractivity contribution >= 4 is 11.9 Å². The molecule has 0 aliphatic carbocycles. The molecule has 3 heterocycles. The number of nitrogens with zero attached hydrogens (tertiary/aromatic N) is 6. The highest BCUT2D eigenvalue weighted by Crippen LogP contribution is 2.41. The zero-order valence-corrected chi connectivity index (χ0v) is 18.8. The molecular formula is C24H27FN6O2. The second-order valence-electron chi connectivity index (χ2n) is 8.09. The van der Waals surface area contributed by atoms with E-state index in [4.69, 9.17) is 0 Å². The predicted molar refractivity (Wildman–Crippen MR) is 122 cm³/mol. The average molecular weight is 451 g/mol. The lowest BCUT2D eigenvalue weighted by Crippen LogP contribution is -2.45. The van der Waals surface area contributed by atoms with E-state index in [0.29, 0.717) is 56.4 Å². The second kappa shape index (κ2) is 9.48. The number of phenols is 1. The van der Waals surface area contributed by atoms with Crippen LogP contribution in [0.5, 0.6) is 5.75 Å². The van der Waals surface area contributed by atoms with Crippen LogP contribution < -0.4 is 4.90 Å². The van der Waals surface area contributed by atoms with Gasteiger partial charge in [0.05, 0.1) is 23.4 Å². The molecule has 0 atom stereocenters. The van der Waals surface area contributed by atoms with E-state index in [9.17, 15) is 14.3 Å². The van der Waals surface area contributed by atoms with Gasteiger partial charge in [-0.3, -0.25) is 4.79 Å². The van der Waals surface area contributed by atoms with Crippen LogP contribution in [0.15, 0.2) is 49.1 Å². The monoisotopic (exact) mass is 450 g/mol. The van der Waals surface area contributed by atoms with Gasteiger partial charge >= 0.3 is 0 Å². The Morgan fingerprint density at radius 2 is 1.70 bits per heavy atom. The fraction of sp³-hybridized carbons (Fsp3) is 0.375. The van der Waals surface area contributed by atoms with E-state index in [0.717, 1.165) is 18.0 Å². The summed E-state index contributed by atoms with van der Waals surface area (Å²) in [6, 6.07) is 7.13. The summed E-state index contributed by atoms with van der Waals surface area (Å²) in [5.41, 5.74) is 0.808. The average Bonchev–Trinajstić information content (AvgIpc) is 2.85. The van der Waals surface area contributed by atoms with Crippen molar-refractivity contribution in [1.82, 2.24) is 24.8 Å². The number of piperidine rings is 1. The summed E-state index contributed by atoms with van der Waals surface area (Å²) >= 11 is 0. The van der Waals surface area contributed by atoms with Gasteiger partial charge in [0.2, 0.25) is 5.95 Å². The Bertz CT molecular complexity index is 1090. The molecule has 0 bridgehead atoms. The lowest BCUT2D eigenvalue weighted by atomic mass is 9.72. The highest BCUT2D eigenvalue weighted by molar-refractivity contribution is 5.93. The molecule has 8 nitrogen and oxygen atoms in total. The number of aromatic hydroxyl groups is 1. The number of halogens is 1. The fourth-order valence-corrected chi connectivity index (χ4v) is 4.38. The van der Waals surface area contributed by atoms with Crippen LogP contribution in [0.2, 0.25) is 0 Å². The lowest BCUT2D eigenvalue weighted by molar-refractivity contribution is 0.0772. The van der Waals surface area contributed by atoms with E-state index < -0.39 is 11.2 Å². The molecule has 33 heavy (non-hydrogen) atoms. The summed E-state index contributed by atoms with van der Waals surface area (Å²) < 4.78 is 13.2. The molecule has 2 aromatic heterocycles. The molecule has 1 aromatic carbocycles. The molecular weight excluding hydrogens is 423 g/mol. The van der Waals surface area contributed by atoms with Crippen LogP contribution >= 0.6 is 0 Å². The van der Waals surface area contributed by atoms with Gasteiger partial charge in [0.25, 0.3) is 5.91 Å². The van der Waals surface area contributed by atoms with Crippen molar-refractivity contribution in [3.8, 4) is 5.75 Å². The maximum atomic E-state index is 13.2. The number of amides is 1. The standard InChI is InChI=1S/C24H27FN6O2/c1-3-30(4-2)21(33)17-13-26-22(27-14-17)24(18-6-5-7-20(32)12-18)8-10-31(11-9-24)23-28-15-19(25)16-29-23/h5-7,12-16,32H,3-4,8-11H2,1-2H3. The van der Waals surface area contributed by atoms with Crippen molar-refractivity contribution in [2.75, 3.05) is 31.1 Å². The summed E-state index contributed by atoms with van der Waals surface area (Å²) in [5.74, 6) is 0.675. The maximum absolute atomic E-state index is 13.2. The SMILES string of the molecule is CCN(CC)C(=O)c1cnc(C2(c3cccc(O)c3)CCN(c3ncc(F)cn3)CC2)nc1. The van der Waals surface area contributed by atoms with E-state index in [1.807, 2.05) is 24.8 Å². The van der Waals surface area contributed by atoms with Crippen LogP contribution in [0.25, 0.3) is 0 Å². The van der Waals surface area contributed by atoms with Crippen LogP contribution in [-0.2, 0) is 5.41 Å². The summed E-state index contributed by atoms with van der Waals surface area (Å²) in [6.45, 7) is 6.31. The largest absolute Gasteiger partial charge is 0.508 e. The lowest BCUT2D eigenvalue weighted by Gasteiger charge is -2.41. The molecule has 1 aliphatic rings. The molecule has 0 unspecified atom stereocenters. The predicted octanol–water partition coefficient (Wildman–Crippen LogP) is 3.18. The van der Waals surface area contributed by atoms with Crippen LogP contribution in [0.1, 0.15) is 48.4 Å². The number of carbonyl (C=O) groups excluding carboxylic acids is 1. The van der Waals surface area contributed by atoms with Crippen molar-refractivity contribution in [2.45, 2.75) is 32.1 Å². The first kappa shape index (κ1) is 22.6. The Balaban J connectivity index is 1.65. The van der Waals surface area contributed by atoms with Gasteiger partial charge in [0.15, 0.2) is 5.82 Å². The maximum Gasteiger partial charge on any atom is 0.256 e. The van der Waals surface area contributed by atoms with Gasteiger partial charge in [-0.25, -0.2) is 24.3 Å². The third-order valence-corrected chi connectivity index (χ3v) is 6.28. The molecule has 172 valence electrons. The second-order valence-corrected chi connectivity index (χ2v) is 8.09. The first-order valence-electron chi connectivity index (χ1n) is 11.1. The number of anilines is 1. The molecule has 0 radical (unpaired) electrons. The Morgan fingerprint density at radius 3 is 2.27 bits per heavy atom.